The predicted octanol–water partition coefficient (Wildman–Crippen LogP) is 2.64. The van der Waals surface area contributed by atoms with Gasteiger partial charge in [-0.05, 0) is 24.6 Å². The highest BCUT2D eigenvalue weighted by atomic mass is 35.5. The molecule has 0 saturated carbocycles. The lowest BCUT2D eigenvalue weighted by Crippen LogP contribution is -2.06. The number of rotatable bonds is 2. The predicted molar refractivity (Wildman–Crippen MR) is 65.0 cm³/mol. The van der Waals surface area contributed by atoms with E-state index in [1.165, 1.54) is 0 Å². The third kappa shape index (κ3) is 1.84. The van der Waals surface area contributed by atoms with Crippen molar-refractivity contribution in [2.75, 3.05) is 7.11 Å². The fourth-order valence-corrected chi connectivity index (χ4v) is 1.88. The Bertz CT molecular complexity index is 589. The fraction of sp³-hybridized carbons (Fsp3) is 0.250. The number of fused-ring (bicyclic) bond motifs is 1. The lowest BCUT2D eigenvalue weighted by atomic mass is 10.1. The summed E-state index contributed by atoms with van der Waals surface area (Å²) in [6.45, 7) is 2.27. The Morgan fingerprint density at radius 3 is 2.88 bits per heavy atom. The smallest absolute Gasteiger partial charge is 0.189 e. The molecule has 0 aliphatic rings. The van der Waals surface area contributed by atoms with E-state index in [-0.39, 0.29) is 5.43 Å². The molecule has 0 saturated heterocycles. The summed E-state index contributed by atoms with van der Waals surface area (Å²) in [6, 6.07) is 5.03. The third-order valence-electron chi connectivity index (χ3n) is 2.56. The Balaban J connectivity index is 2.78. The SMILES string of the molecule is COCc1cc(=O)c2ccc(Cl)c(C)c2[nH]1. The van der Waals surface area contributed by atoms with Crippen LogP contribution in [0.25, 0.3) is 10.9 Å². The maximum absolute atomic E-state index is 11.8. The van der Waals surface area contributed by atoms with Crippen molar-refractivity contribution in [2.45, 2.75) is 13.5 Å². The molecular weight excluding hydrogens is 226 g/mol. The van der Waals surface area contributed by atoms with Crippen molar-refractivity contribution >= 4 is 22.5 Å². The second kappa shape index (κ2) is 4.28. The van der Waals surface area contributed by atoms with Gasteiger partial charge in [-0.3, -0.25) is 4.79 Å². The van der Waals surface area contributed by atoms with Crippen LogP contribution in [-0.4, -0.2) is 12.1 Å². The van der Waals surface area contributed by atoms with E-state index in [4.69, 9.17) is 16.3 Å². The topological polar surface area (TPSA) is 42.1 Å². The largest absolute Gasteiger partial charge is 0.378 e. The second-order valence-electron chi connectivity index (χ2n) is 3.69. The minimum absolute atomic E-state index is 0.0134. The molecule has 2 aromatic rings. The molecule has 0 fully saturated rings. The fourth-order valence-electron chi connectivity index (χ4n) is 1.72. The van der Waals surface area contributed by atoms with E-state index < -0.39 is 0 Å². The van der Waals surface area contributed by atoms with Gasteiger partial charge in [-0.15, -0.1) is 0 Å². The monoisotopic (exact) mass is 237 g/mol. The Kier molecular flexibility index (Phi) is 2.99. The maximum atomic E-state index is 11.8. The number of methoxy groups -OCH3 is 1. The van der Waals surface area contributed by atoms with E-state index in [0.29, 0.717) is 17.0 Å². The maximum Gasteiger partial charge on any atom is 0.189 e. The van der Waals surface area contributed by atoms with Crippen LogP contribution in [0, 0.1) is 6.92 Å². The van der Waals surface area contributed by atoms with Crippen LogP contribution in [-0.2, 0) is 11.3 Å². The number of aromatic nitrogens is 1. The average molecular weight is 238 g/mol. The summed E-state index contributed by atoms with van der Waals surface area (Å²) in [6.07, 6.45) is 0. The van der Waals surface area contributed by atoms with Crippen LogP contribution in [0.3, 0.4) is 0 Å². The molecule has 1 N–H and O–H groups in total. The van der Waals surface area contributed by atoms with Crippen molar-refractivity contribution in [1.82, 2.24) is 4.98 Å². The van der Waals surface area contributed by atoms with Crippen LogP contribution in [0.15, 0.2) is 23.0 Å². The number of nitrogens with one attached hydrogen (secondary N) is 1. The van der Waals surface area contributed by atoms with Crippen LogP contribution in [0.5, 0.6) is 0 Å². The van der Waals surface area contributed by atoms with E-state index in [1.807, 2.05) is 6.92 Å². The van der Waals surface area contributed by atoms with Gasteiger partial charge >= 0.3 is 0 Å². The molecule has 1 aromatic carbocycles. The Morgan fingerprint density at radius 1 is 1.44 bits per heavy atom. The number of benzene rings is 1. The van der Waals surface area contributed by atoms with Crippen molar-refractivity contribution in [3.63, 3.8) is 0 Å². The van der Waals surface area contributed by atoms with Gasteiger partial charge in [0.1, 0.15) is 0 Å². The zero-order chi connectivity index (χ0) is 11.7. The van der Waals surface area contributed by atoms with Crippen LogP contribution in [0.4, 0.5) is 0 Å². The molecule has 0 aliphatic carbocycles. The van der Waals surface area contributed by atoms with Crippen molar-refractivity contribution in [2.24, 2.45) is 0 Å². The number of ether oxygens (including phenoxy) is 1. The van der Waals surface area contributed by atoms with Gasteiger partial charge < -0.3 is 9.72 Å². The highest BCUT2D eigenvalue weighted by Gasteiger charge is 2.06. The van der Waals surface area contributed by atoms with E-state index in [0.717, 1.165) is 16.8 Å². The first-order chi connectivity index (χ1) is 7.63. The zero-order valence-electron chi connectivity index (χ0n) is 9.13. The summed E-state index contributed by atoms with van der Waals surface area (Å²) in [7, 11) is 1.59. The van der Waals surface area contributed by atoms with Gasteiger partial charge in [-0.1, -0.05) is 11.6 Å². The molecule has 0 spiro atoms. The van der Waals surface area contributed by atoms with Crippen molar-refractivity contribution < 1.29 is 4.74 Å². The summed E-state index contributed by atoms with van der Waals surface area (Å²) in [5.41, 5.74) is 2.41. The van der Waals surface area contributed by atoms with Crippen LogP contribution in [0.1, 0.15) is 11.3 Å². The zero-order valence-corrected chi connectivity index (χ0v) is 9.89. The van der Waals surface area contributed by atoms with Crippen LogP contribution < -0.4 is 5.43 Å². The first kappa shape index (κ1) is 11.2. The minimum Gasteiger partial charge on any atom is -0.378 e. The number of hydrogen-bond acceptors (Lipinski definition) is 2. The number of aryl methyl sites for hydroxylation is 1. The molecule has 0 aliphatic heterocycles. The van der Waals surface area contributed by atoms with Gasteiger partial charge in [0, 0.05) is 29.3 Å². The molecule has 0 amide bonds. The molecule has 0 bridgehead atoms. The molecule has 1 aromatic heterocycles. The molecule has 84 valence electrons. The van der Waals surface area contributed by atoms with E-state index >= 15 is 0 Å². The van der Waals surface area contributed by atoms with Gasteiger partial charge in [0.15, 0.2) is 5.43 Å². The highest BCUT2D eigenvalue weighted by Crippen LogP contribution is 2.22. The van der Waals surface area contributed by atoms with Crippen molar-refractivity contribution in [3.8, 4) is 0 Å². The summed E-state index contributed by atoms with van der Waals surface area (Å²) >= 11 is 6.02. The minimum atomic E-state index is -0.0134. The number of halogens is 1. The quantitative estimate of drug-likeness (QED) is 0.873. The summed E-state index contributed by atoms with van der Waals surface area (Å²) in [5, 5.41) is 1.31. The molecule has 0 atom stereocenters. The Labute approximate surface area is 98.0 Å². The molecule has 2 rings (SSSR count). The normalized spacial score (nSPS) is 10.9. The molecule has 0 radical (unpaired) electrons. The van der Waals surface area contributed by atoms with Gasteiger partial charge in [-0.25, -0.2) is 0 Å². The number of hydrogen-bond donors (Lipinski definition) is 1. The molecule has 3 nitrogen and oxygen atoms in total. The first-order valence-corrected chi connectivity index (χ1v) is 5.31. The molecule has 0 unspecified atom stereocenters. The van der Waals surface area contributed by atoms with Crippen molar-refractivity contribution in [3.05, 3.63) is 44.7 Å². The highest BCUT2D eigenvalue weighted by molar-refractivity contribution is 6.32. The van der Waals surface area contributed by atoms with Gasteiger partial charge in [0.2, 0.25) is 0 Å². The standard InChI is InChI=1S/C12H12ClNO2/c1-7-10(13)4-3-9-11(15)5-8(6-16-2)14-12(7)9/h3-5H,6H2,1-2H3,(H,14,15). The van der Waals surface area contributed by atoms with Crippen LogP contribution in [0.2, 0.25) is 5.02 Å². The third-order valence-corrected chi connectivity index (χ3v) is 2.96. The average Bonchev–Trinajstić information content (AvgIpc) is 2.25. The number of aromatic amines is 1. The molecule has 4 heteroatoms. The number of H-pyrrole nitrogens is 1. The van der Waals surface area contributed by atoms with Gasteiger partial charge in [0.05, 0.1) is 12.1 Å². The summed E-state index contributed by atoms with van der Waals surface area (Å²) in [4.78, 5) is 15.0. The Hall–Kier alpha value is -1.32. The van der Waals surface area contributed by atoms with Gasteiger partial charge in [-0.2, -0.15) is 0 Å². The van der Waals surface area contributed by atoms with Gasteiger partial charge in [0.25, 0.3) is 0 Å². The van der Waals surface area contributed by atoms with Crippen molar-refractivity contribution in [1.29, 1.82) is 0 Å². The lowest BCUT2D eigenvalue weighted by molar-refractivity contribution is 0.181. The Morgan fingerprint density at radius 2 is 2.19 bits per heavy atom. The molecule has 16 heavy (non-hydrogen) atoms. The van der Waals surface area contributed by atoms with E-state index in [1.54, 1.807) is 25.3 Å². The second-order valence-corrected chi connectivity index (χ2v) is 4.09. The molecular formula is C12H12ClNO2. The van der Waals surface area contributed by atoms with E-state index in [9.17, 15) is 4.79 Å². The van der Waals surface area contributed by atoms with Crippen LogP contribution >= 0.6 is 11.6 Å². The first-order valence-electron chi connectivity index (χ1n) is 4.93. The lowest BCUT2D eigenvalue weighted by Gasteiger charge is -2.07. The van der Waals surface area contributed by atoms with E-state index in [2.05, 4.69) is 4.98 Å². The summed E-state index contributed by atoms with van der Waals surface area (Å²) < 4.78 is 5.00. The molecule has 1 heterocycles. The number of pyridine rings is 1. The summed E-state index contributed by atoms with van der Waals surface area (Å²) in [5.74, 6) is 0.